The van der Waals surface area contributed by atoms with Crippen LogP contribution in [0.3, 0.4) is 0 Å². The van der Waals surface area contributed by atoms with Gasteiger partial charge in [0.2, 0.25) is 5.91 Å². The molecular weight excluding hydrogens is 375 g/mol. The first kappa shape index (κ1) is 19.9. The van der Waals surface area contributed by atoms with Crippen molar-refractivity contribution in [1.82, 2.24) is 10.3 Å². The van der Waals surface area contributed by atoms with E-state index < -0.39 is 37.4 Å². The van der Waals surface area contributed by atoms with Gasteiger partial charge in [-0.1, -0.05) is 29.3 Å². The molecule has 0 aromatic heterocycles. The second kappa shape index (κ2) is 8.78. The predicted octanol–water partition coefficient (Wildman–Crippen LogP) is 3.37. The van der Waals surface area contributed by atoms with Crippen LogP contribution in [0, 0.1) is 5.92 Å². The number of carbonyl (C=O) groups is 1. The summed E-state index contributed by atoms with van der Waals surface area (Å²) in [6, 6.07) is 4.52. The maximum absolute atomic E-state index is 13.0. The van der Waals surface area contributed by atoms with Crippen LogP contribution in [-0.2, 0) is 9.53 Å². The Morgan fingerprint density at radius 3 is 2.76 bits per heavy atom. The first-order valence-corrected chi connectivity index (χ1v) is 8.39. The van der Waals surface area contributed by atoms with Crippen LogP contribution in [-0.4, -0.2) is 49.8 Å². The number of rotatable bonds is 7. The molecule has 3 atom stereocenters. The molecular formula is C16H19Cl2F2N3O2. The highest BCUT2D eigenvalue weighted by Crippen LogP contribution is 2.30. The lowest BCUT2D eigenvalue weighted by molar-refractivity contribution is -0.124. The lowest BCUT2D eigenvalue weighted by atomic mass is 10.00. The summed E-state index contributed by atoms with van der Waals surface area (Å²) in [5.74, 6) is -1.27. The van der Waals surface area contributed by atoms with Gasteiger partial charge < -0.3 is 10.1 Å². The molecule has 0 saturated carbocycles. The Morgan fingerprint density at radius 2 is 2.20 bits per heavy atom. The molecule has 0 saturated heterocycles. The van der Waals surface area contributed by atoms with Gasteiger partial charge in [-0.3, -0.25) is 9.80 Å². The van der Waals surface area contributed by atoms with E-state index in [1.165, 1.54) is 7.11 Å². The van der Waals surface area contributed by atoms with E-state index in [-0.39, 0.29) is 12.3 Å². The molecule has 25 heavy (non-hydrogen) atoms. The molecule has 1 amide bonds. The lowest BCUT2D eigenvalue weighted by Gasteiger charge is -2.26. The molecule has 1 heterocycles. The van der Waals surface area contributed by atoms with Crippen molar-refractivity contribution in [3.8, 4) is 0 Å². The van der Waals surface area contributed by atoms with Gasteiger partial charge >= 0.3 is 0 Å². The summed E-state index contributed by atoms with van der Waals surface area (Å²) < 4.78 is 31.2. The van der Waals surface area contributed by atoms with Gasteiger partial charge in [0.1, 0.15) is 12.8 Å². The van der Waals surface area contributed by atoms with E-state index in [0.717, 1.165) is 5.01 Å². The third-order valence-corrected chi connectivity index (χ3v) is 4.57. The summed E-state index contributed by atoms with van der Waals surface area (Å²) in [5.41, 5.74) is 0.679. The van der Waals surface area contributed by atoms with Crippen LogP contribution in [0.15, 0.2) is 23.3 Å². The van der Waals surface area contributed by atoms with Crippen LogP contribution in [0.1, 0.15) is 18.6 Å². The average Bonchev–Trinajstić information content (AvgIpc) is 3.01. The lowest BCUT2D eigenvalue weighted by Crippen LogP contribution is -2.44. The molecule has 1 aliphatic rings. The SMILES string of the molecule is COC(c1ccc(Cl)cc1Cl)C(C)NC(=O)C1CN(CF)N=C1CF. The van der Waals surface area contributed by atoms with Gasteiger partial charge in [-0.05, 0) is 19.1 Å². The van der Waals surface area contributed by atoms with E-state index in [0.29, 0.717) is 15.6 Å². The third kappa shape index (κ3) is 4.59. The molecule has 1 N–H and O–H groups in total. The zero-order chi connectivity index (χ0) is 18.6. The number of nitrogens with one attached hydrogen (secondary N) is 1. The number of nitrogens with zero attached hydrogens (tertiary/aromatic N) is 2. The highest BCUT2D eigenvalue weighted by molar-refractivity contribution is 6.35. The maximum Gasteiger partial charge on any atom is 0.231 e. The molecule has 0 bridgehead atoms. The van der Waals surface area contributed by atoms with Crippen LogP contribution < -0.4 is 5.32 Å². The molecule has 0 spiro atoms. The van der Waals surface area contributed by atoms with Gasteiger partial charge in [-0.2, -0.15) is 5.10 Å². The van der Waals surface area contributed by atoms with E-state index >= 15 is 0 Å². The zero-order valence-electron chi connectivity index (χ0n) is 13.8. The highest BCUT2D eigenvalue weighted by atomic mass is 35.5. The molecule has 5 nitrogen and oxygen atoms in total. The van der Waals surface area contributed by atoms with Crippen molar-refractivity contribution in [3.05, 3.63) is 33.8 Å². The zero-order valence-corrected chi connectivity index (χ0v) is 15.3. The van der Waals surface area contributed by atoms with Crippen molar-refractivity contribution in [2.75, 3.05) is 27.1 Å². The van der Waals surface area contributed by atoms with E-state index in [9.17, 15) is 13.6 Å². The summed E-state index contributed by atoms with van der Waals surface area (Å²) in [4.78, 5) is 12.5. The summed E-state index contributed by atoms with van der Waals surface area (Å²) >= 11 is 12.1. The van der Waals surface area contributed by atoms with Gasteiger partial charge in [0.05, 0.1) is 24.2 Å². The quantitative estimate of drug-likeness (QED) is 0.722. The molecule has 0 aliphatic carbocycles. The van der Waals surface area contributed by atoms with Gasteiger partial charge in [0.15, 0.2) is 6.80 Å². The Balaban J connectivity index is 2.10. The Morgan fingerprint density at radius 1 is 1.48 bits per heavy atom. The molecule has 1 aromatic carbocycles. The maximum atomic E-state index is 13.0. The fourth-order valence-corrected chi connectivity index (χ4v) is 3.29. The number of ether oxygens (including phenoxy) is 1. The van der Waals surface area contributed by atoms with Crippen LogP contribution >= 0.6 is 23.2 Å². The minimum atomic E-state index is -0.903. The summed E-state index contributed by atoms with van der Waals surface area (Å²) in [7, 11) is 1.49. The average molecular weight is 394 g/mol. The number of hydrogen-bond acceptors (Lipinski definition) is 4. The van der Waals surface area contributed by atoms with E-state index in [1.54, 1.807) is 25.1 Å². The van der Waals surface area contributed by atoms with Gasteiger partial charge in [-0.25, -0.2) is 8.78 Å². The summed E-state index contributed by atoms with van der Waals surface area (Å²) in [6.07, 6.45) is -0.529. The Bertz CT molecular complexity index is 660. The number of hydrazone groups is 1. The fourth-order valence-electron chi connectivity index (χ4n) is 2.77. The molecule has 2 rings (SSSR count). The van der Waals surface area contributed by atoms with Gasteiger partial charge in [0, 0.05) is 22.7 Å². The highest BCUT2D eigenvalue weighted by Gasteiger charge is 2.34. The van der Waals surface area contributed by atoms with Crippen LogP contribution in [0.25, 0.3) is 0 Å². The molecule has 138 valence electrons. The molecule has 3 unspecified atom stereocenters. The van der Waals surface area contributed by atoms with Crippen molar-refractivity contribution in [3.63, 3.8) is 0 Å². The van der Waals surface area contributed by atoms with E-state index in [1.807, 2.05) is 0 Å². The normalized spacial score (nSPS) is 19.5. The summed E-state index contributed by atoms with van der Waals surface area (Å²) in [5, 5.41) is 8.45. The first-order chi connectivity index (χ1) is 11.9. The number of benzene rings is 1. The van der Waals surface area contributed by atoms with Gasteiger partial charge in [0.25, 0.3) is 0 Å². The van der Waals surface area contributed by atoms with Crippen LogP contribution in [0.5, 0.6) is 0 Å². The molecule has 0 radical (unpaired) electrons. The fraction of sp³-hybridized carbons (Fsp3) is 0.500. The molecule has 1 aromatic rings. The van der Waals surface area contributed by atoms with Crippen molar-refractivity contribution in [2.45, 2.75) is 19.1 Å². The van der Waals surface area contributed by atoms with Gasteiger partial charge in [-0.15, -0.1) is 0 Å². The number of amides is 1. The van der Waals surface area contributed by atoms with Crippen molar-refractivity contribution >= 4 is 34.8 Å². The topological polar surface area (TPSA) is 53.9 Å². The summed E-state index contributed by atoms with van der Waals surface area (Å²) in [6.45, 7) is -0.0254. The number of carbonyl (C=O) groups excluding carboxylic acids is 1. The standard InChI is InChI=1S/C16H19Cl2F2N3O2/c1-9(15(25-2)11-4-3-10(17)5-13(11)18)21-16(24)12-7-23(8-20)22-14(12)6-19/h3-5,9,12,15H,6-8H2,1-2H3,(H,21,24). The number of halogens is 4. The molecule has 1 aliphatic heterocycles. The monoisotopic (exact) mass is 393 g/mol. The van der Waals surface area contributed by atoms with Crippen molar-refractivity contribution in [2.24, 2.45) is 11.0 Å². The smallest absolute Gasteiger partial charge is 0.231 e. The van der Waals surface area contributed by atoms with E-state index in [2.05, 4.69) is 10.4 Å². The van der Waals surface area contributed by atoms with Crippen LogP contribution in [0.2, 0.25) is 10.0 Å². The molecule has 0 fully saturated rings. The number of hydrogen-bond donors (Lipinski definition) is 1. The second-order valence-corrected chi connectivity index (χ2v) is 6.55. The van der Waals surface area contributed by atoms with Crippen LogP contribution in [0.4, 0.5) is 8.78 Å². The van der Waals surface area contributed by atoms with Crippen molar-refractivity contribution in [1.29, 1.82) is 0 Å². The largest absolute Gasteiger partial charge is 0.375 e. The van der Waals surface area contributed by atoms with E-state index in [4.69, 9.17) is 27.9 Å². The third-order valence-electron chi connectivity index (χ3n) is 4.00. The Kier molecular flexibility index (Phi) is 6.98. The second-order valence-electron chi connectivity index (χ2n) is 5.71. The minimum absolute atomic E-state index is 0.00760. The minimum Gasteiger partial charge on any atom is -0.375 e. The Hall–Kier alpha value is -1.44. The molecule has 9 heteroatoms. The predicted molar refractivity (Wildman–Crippen MR) is 93.4 cm³/mol. The number of methoxy groups -OCH3 is 1. The Labute approximate surface area is 154 Å². The first-order valence-electron chi connectivity index (χ1n) is 7.63. The number of alkyl halides is 2. The van der Waals surface area contributed by atoms with Crippen molar-refractivity contribution < 1.29 is 18.3 Å².